The summed E-state index contributed by atoms with van der Waals surface area (Å²) in [6.45, 7) is 2.00. The second-order valence-corrected chi connectivity index (χ2v) is 8.53. The standard InChI is InChI=1S/C21H22N2O3S/c1-16-10-12-19(13-11-16)27(25,26)23(2)15-21(24)22-14-18-8-5-7-17-6-3-4-9-20(17)18/h3-13H,14-15H2,1-2H3,(H,22,24). The van der Waals surface area contributed by atoms with E-state index in [0.29, 0.717) is 6.54 Å². The zero-order valence-electron chi connectivity index (χ0n) is 15.3. The maximum atomic E-state index is 12.6. The van der Waals surface area contributed by atoms with Gasteiger partial charge < -0.3 is 5.32 Å². The molecular weight excluding hydrogens is 360 g/mol. The van der Waals surface area contributed by atoms with E-state index in [2.05, 4.69) is 5.32 Å². The molecule has 0 aromatic heterocycles. The molecule has 27 heavy (non-hydrogen) atoms. The Bertz CT molecular complexity index is 1050. The van der Waals surface area contributed by atoms with E-state index in [1.54, 1.807) is 24.3 Å². The molecular formula is C21H22N2O3S. The summed E-state index contributed by atoms with van der Waals surface area (Å²) < 4.78 is 26.2. The van der Waals surface area contributed by atoms with Crippen LogP contribution in [0.25, 0.3) is 10.8 Å². The van der Waals surface area contributed by atoms with Crippen molar-refractivity contribution in [3.8, 4) is 0 Å². The fourth-order valence-corrected chi connectivity index (χ4v) is 4.00. The SMILES string of the molecule is Cc1ccc(S(=O)(=O)N(C)CC(=O)NCc2cccc3ccccc23)cc1. The van der Waals surface area contributed by atoms with E-state index in [1.165, 1.54) is 7.05 Å². The first kappa shape index (κ1) is 19.1. The molecule has 0 unspecified atom stereocenters. The van der Waals surface area contributed by atoms with Gasteiger partial charge in [-0.2, -0.15) is 4.31 Å². The zero-order chi connectivity index (χ0) is 19.4. The van der Waals surface area contributed by atoms with Gasteiger partial charge in [-0.3, -0.25) is 4.79 Å². The van der Waals surface area contributed by atoms with E-state index in [0.717, 1.165) is 26.2 Å². The van der Waals surface area contributed by atoms with Crippen molar-refractivity contribution >= 4 is 26.7 Å². The van der Waals surface area contributed by atoms with Crippen LogP contribution in [0.4, 0.5) is 0 Å². The number of likely N-dealkylation sites (N-methyl/N-ethyl adjacent to an activating group) is 1. The second kappa shape index (κ2) is 7.90. The number of carbonyl (C=O) groups is 1. The Labute approximate surface area is 159 Å². The molecule has 3 aromatic rings. The van der Waals surface area contributed by atoms with Crippen molar-refractivity contribution in [2.75, 3.05) is 13.6 Å². The maximum Gasteiger partial charge on any atom is 0.243 e. The number of hydrogen-bond donors (Lipinski definition) is 1. The van der Waals surface area contributed by atoms with Crippen LogP contribution >= 0.6 is 0 Å². The Morgan fingerprint density at radius 1 is 0.963 bits per heavy atom. The van der Waals surface area contributed by atoms with Gasteiger partial charge in [-0.1, -0.05) is 60.2 Å². The highest BCUT2D eigenvalue weighted by atomic mass is 32.2. The molecule has 0 radical (unpaired) electrons. The first-order valence-electron chi connectivity index (χ1n) is 8.64. The number of fused-ring (bicyclic) bond motifs is 1. The fraction of sp³-hybridized carbons (Fsp3) is 0.190. The molecule has 3 aromatic carbocycles. The maximum absolute atomic E-state index is 12.6. The van der Waals surface area contributed by atoms with Gasteiger partial charge in [0.15, 0.2) is 0 Å². The van der Waals surface area contributed by atoms with Crippen molar-refractivity contribution in [1.82, 2.24) is 9.62 Å². The van der Waals surface area contributed by atoms with Crippen LogP contribution in [0.15, 0.2) is 71.6 Å². The molecule has 0 saturated carbocycles. The van der Waals surface area contributed by atoms with Gasteiger partial charge in [0, 0.05) is 13.6 Å². The van der Waals surface area contributed by atoms with Crippen LogP contribution in [-0.4, -0.2) is 32.2 Å². The number of rotatable bonds is 6. The number of nitrogens with one attached hydrogen (secondary N) is 1. The third kappa shape index (κ3) is 4.35. The van der Waals surface area contributed by atoms with Gasteiger partial charge in [0.1, 0.15) is 0 Å². The molecule has 0 spiro atoms. The number of hydrogen-bond acceptors (Lipinski definition) is 3. The first-order valence-corrected chi connectivity index (χ1v) is 10.1. The van der Waals surface area contributed by atoms with E-state index >= 15 is 0 Å². The molecule has 3 rings (SSSR count). The van der Waals surface area contributed by atoms with Crippen molar-refractivity contribution in [2.24, 2.45) is 0 Å². The number of sulfonamides is 1. The van der Waals surface area contributed by atoms with Crippen LogP contribution in [-0.2, 0) is 21.4 Å². The first-order chi connectivity index (χ1) is 12.9. The van der Waals surface area contributed by atoms with Crippen LogP contribution in [0, 0.1) is 6.92 Å². The Morgan fingerprint density at radius 2 is 1.63 bits per heavy atom. The molecule has 0 fully saturated rings. The number of nitrogens with zero attached hydrogens (tertiary/aromatic N) is 1. The van der Waals surface area contributed by atoms with Crippen molar-refractivity contribution in [3.63, 3.8) is 0 Å². The quantitative estimate of drug-likeness (QED) is 0.712. The summed E-state index contributed by atoms with van der Waals surface area (Å²) in [6.07, 6.45) is 0. The zero-order valence-corrected chi connectivity index (χ0v) is 16.2. The molecule has 0 saturated heterocycles. The molecule has 0 aliphatic heterocycles. The summed E-state index contributed by atoms with van der Waals surface area (Å²) in [5.41, 5.74) is 1.97. The molecule has 0 aliphatic rings. The van der Waals surface area contributed by atoms with E-state index in [1.807, 2.05) is 49.4 Å². The largest absolute Gasteiger partial charge is 0.351 e. The predicted octanol–water partition coefficient (Wildman–Crippen LogP) is 3.09. The molecule has 6 heteroatoms. The average Bonchev–Trinajstić information content (AvgIpc) is 2.66. The van der Waals surface area contributed by atoms with Crippen LogP contribution in [0.5, 0.6) is 0 Å². The van der Waals surface area contributed by atoms with Gasteiger partial charge in [-0.05, 0) is 35.4 Å². The number of aryl methyl sites for hydroxylation is 1. The fourth-order valence-electron chi connectivity index (χ4n) is 2.87. The molecule has 5 nitrogen and oxygen atoms in total. The number of carbonyl (C=O) groups excluding carboxylic acids is 1. The highest BCUT2D eigenvalue weighted by Crippen LogP contribution is 2.18. The Balaban J connectivity index is 1.65. The van der Waals surface area contributed by atoms with Crippen LogP contribution in [0.2, 0.25) is 0 Å². The van der Waals surface area contributed by atoms with E-state index in [4.69, 9.17) is 0 Å². The van der Waals surface area contributed by atoms with Gasteiger partial charge in [-0.25, -0.2) is 8.42 Å². The van der Waals surface area contributed by atoms with E-state index in [9.17, 15) is 13.2 Å². The molecule has 140 valence electrons. The minimum Gasteiger partial charge on any atom is -0.351 e. The Morgan fingerprint density at radius 3 is 2.37 bits per heavy atom. The minimum atomic E-state index is -3.70. The highest BCUT2D eigenvalue weighted by molar-refractivity contribution is 7.89. The summed E-state index contributed by atoms with van der Waals surface area (Å²) in [5.74, 6) is -0.346. The lowest BCUT2D eigenvalue weighted by Crippen LogP contribution is -2.38. The van der Waals surface area contributed by atoms with Gasteiger partial charge in [0.05, 0.1) is 11.4 Å². The second-order valence-electron chi connectivity index (χ2n) is 6.49. The van der Waals surface area contributed by atoms with Crippen molar-refractivity contribution in [2.45, 2.75) is 18.4 Å². The van der Waals surface area contributed by atoms with Gasteiger partial charge >= 0.3 is 0 Å². The number of benzene rings is 3. The van der Waals surface area contributed by atoms with Crippen molar-refractivity contribution in [3.05, 3.63) is 77.9 Å². The average molecular weight is 382 g/mol. The van der Waals surface area contributed by atoms with Crippen molar-refractivity contribution < 1.29 is 13.2 Å². The summed E-state index contributed by atoms with van der Waals surface area (Å²) in [4.78, 5) is 12.5. The van der Waals surface area contributed by atoms with Gasteiger partial charge in [0.25, 0.3) is 0 Å². The molecule has 0 heterocycles. The van der Waals surface area contributed by atoms with E-state index in [-0.39, 0.29) is 17.3 Å². The van der Waals surface area contributed by atoms with Gasteiger partial charge in [0.2, 0.25) is 15.9 Å². The molecule has 1 amide bonds. The van der Waals surface area contributed by atoms with Crippen LogP contribution in [0.1, 0.15) is 11.1 Å². The summed E-state index contributed by atoms with van der Waals surface area (Å²) in [5, 5.41) is 4.98. The summed E-state index contributed by atoms with van der Waals surface area (Å²) >= 11 is 0. The minimum absolute atomic E-state index is 0.178. The smallest absolute Gasteiger partial charge is 0.243 e. The Kier molecular flexibility index (Phi) is 5.58. The number of amides is 1. The Hall–Kier alpha value is -2.70. The molecule has 0 atom stereocenters. The summed E-state index contributed by atoms with van der Waals surface area (Å²) in [7, 11) is -2.29. The normalized spacial score (nSPS) is 11.7. The highest BCUT2D eigenvalue weighted by Gasteiger charge is 2.22. The van der Waals surface area contributed by atoms with Crippen molar-refractivity contribution in [1.29, 1.82) is 0 Å². The lowest BCUT2D eigenvalue weighted by atomic mass is 10.0. The predicted molar refractivity (Wildman–Crippen MR) is 107 cm³/mol. The molecule has 0 bridgehead atoms. The van der Waals surface area contributed by atoms with E-state index < -0.39 is 10.0 Å². The lowest BCUT2D eigenvalue weighted by molar-refractivity contribution is -0.121. The third-order valence-electron chi connectivity index (χ3n) is 4.45. The third-order valence-corrected chi connectivity index (χ3v) is 6.27. The lowest BCUT2D eigenvalue weighted by Gasteiger charge is -2.17. The molecule has 1 N–H and O–H groups in total. The van der Waals surface area contributed by atoms with Crippen LogP contribution < -0.4 is 5.32 Å². The van der Waals surface area contributed by atoms with Gasteiger partial charge in [-0.15, -0.1) is 0 Å². The summed E-state index contributed by atoms with van der Waals surface area (Å²) in [6, 6.07) is 20.4. The molecule has 0 aliphatic carbocycles. The topological polar surface area (TPSA) is 66.5 Å². The monoisotopic (exact) mass is 382 g/mol. The van der Waals surface area contributed by atoms with Crippen LogP contribution in [0.3, 0.4) is 0 Å².